The fourth-order valence-electron chi connectivity index (χ4n) is 2.33. The molecule has 6 nitrogen and oxygen atoms in total. The molecule has 138 valence electrons. The van der Waals surface area contributed by atoms with Crippen LogP contribution >= 0.6 is 34.7 Å². The third-order valence-electron chi connectivity index (χ3n) is 3.66. The minimum atomic E-state index is -0.365. The monoisotopic (exact) mass is 423 g/mol. The van der Waals surface area contributed by atoms with Crippen LogP contribution < -0.4 is 14.8 Å². The standard InChI is InChI=1S/C17H11ClFN3O3S2/c18-11-2-1-3-12(19)10(11)7-26-17-22-21-16(27-17)20-15(23)9-4-5-13-14(6-9)25-8-24-13/h1-6H,7-8H2,(H,20,21,23). The number of hydrogen-bond acceptors (Lipinski definition) is 7. The van der Waals surface area contributed by atoms with Crippen molar-refractivity contribution in [2.75, 3.05) is 12.1 Å². The molecule has 0 bridgehead atoms. The molecule has 1 N–H and O–H groups in total. The summed E-state index contributed by atoms with van der Waals surface area (Å²) in [5, 5.41) is 11.3. The van der Waals surface area contributed by atoms with Crippen molar-refractivity contribution in [1.82, 2.24) is 10.2 Å². The molecule has 1 aromatic heterocycles. The molecule has 2 aromatic carbocycles. The van der Waals surface area contributed by atoms with E-state index in [2.05, 4.69) is 15.5 Å². The van der Waals surface area contributed by atoms with Crippen molar-refractivity contribution in [2.45, 2.75) is 10.1 Å². The highest BCUT2D eigenvalue weighted by atomic mass is 35.5. The number of carbonyl (C=O) groups is 1. The number of benzene rings is 2. The van der Waals surface area contributed by atoms with Crippen LogP contribution in [0.5, 0.6) is 11.5 Å². The number of nitrogens with zero attached hydrogens (tertiary/aromatic N) is 2. The average molecular weight is 424 g/mol. The first-order chi connectivity index (χ1) is 13.1. The summed E-state index contributed by atoms with van der Waals surface area (Å²) in [7, 11) is 0. The van der Waals surface area contributed by atoms with E-state index in [-0.39, 0.29) is 18.5 Å². The Morgan fingerprint density at radius 1 is 1.26 bits per heavy atom. The normalized spacial score (nSPS) is 12.2. The van der Waals surface area contributed by atoms with Crippen LogP contribution in [0.1, 0.15) is 15.9 Å². The van der Waals surface area contributed by atoms with E-state index in [4.69, 9.17) is 21.1 Å². The fraction of sp³-hybridized carbons (Fsp3) is 0.118. The summed E-state index contributed by atoms with van der Waals surface area (Å²) in [6.07, 6.45) is 0. The zero-order valence-corrected chi connectivity index (χ0v) is 16.0. The minimum absolute atomic E-state index is 0.142. The van der Waals surface area contributed by atoms with E-state index >= 15 is 0 Å². The van der Waals surface area contributed by atoms with Crippen molar-refractivity contribution in [2.24, 2.45) is 0 Å². The van der Waals surface area contributed by atoms with Crippen molar-refractivity contribution in [3.8, 4) is 11.5 Å². The van der Waals surface area contributed by atoms with Gasteiger partial charge in [-0.05, 0) is 30.3 Å². The molecule has 1 amide bonds. The number of amides is 1. The lowest BCUT2D eigenvalue weighted by atomic mass is 10.2. The van der Waals surface area contributed by atoms with Gasteiger partial charge in [-0.2, -0.15) is 0 Å². The Bertz CT molecular complexity index is 995. The Labute approximate surface area is 166 Å². The van der Waals surface area contributed by atoms with E-state index in [1.165, 1.54) is 29.2 Å². The molecular weight excluding hydrogens is 413 g/mol. The maximum absolute atomic E-state index is 13.8. The number of nitrogens with one attached hydrogen (secondary N) is 1. The highest BCUT2D eigenvalue weighted by molar-refractivity contribution is 8.00. The zero-order valence-electron chi connectivity index (χ0n) is 13.6. The number of anilines is 1. The number of rotatable bonds is 5. The summed E-state index contributed by atoms with van der Waals surface area (Å²) < 4.78 is 24.9. The number of ether oxygens (including phenoxy) is 2. The smallest absolute Gasteiger partial charge is 0.257 e. The minimum Gasteiger partial charge on any atom is -0.454 e. The summed E-state index contributed by atoms with van der Waals surface area (Å²) in [5.41, 5.74) is 0.826. The molecule has 0 atom stereocenters. The van der Waals surface area contributed by atoms with Crippen molar-refractivity contribution < 1.29 is 18.7 Å². The Balaban J connectivity index is 1.40. The van der Waals surface area contributed by atoms with Crippen LogP contribution in [0.2, 0.25) is 5.02 Å². The van der Waals surface area contributed by atoms with Gasteiger partial charge in [0.25, 0.3) is 5.91 Å². The second kappa shape index (κ2) is 7.71. The van der Waals surface area contributed by atoms with Crippen LogP contribution in [0.4, 0.5) is 9.52 Å². The van der Waals surface area contributed by atoms with Gasteiger partial charge in [-0.15, -0.1) is 10.2 Å². The number of hydrogen-bond donors (Lipinski definition) is 1. The highest BCUT2D eigenvalue weighted by Crippen LogP contribution is 2.34. The molecule has 0 saturated carbocycles. The first-order valence-corrected chi connectivity index (χ1v) is 9.88. The van der Waals surface area contributed by atoms with Crippen LogP contribution in [0, 0.1) is 5.82 Å². The molecule has 0 fully saturated rings. The van der Waals surface area contributed by atoms with E-state index < -0.39 is 0 Å². The summed E-state index contributed by atoms with van der Waals surface area (Å²) in [6, 6.07) is 9.47. The van der Waals surface area contributed by atoms with Gasteiger partial charge < -0.3 is 9.47 Å². The fourth-order valence-corrected chi connectivity index (χ4v) is 4.42. The van der Waals surface area contributed by atoms with Crippen LogP contribution in [0.25, 0.3) is 0 Å². The van der Waals surface area contributed by atoms with E-state index in [0.717, 1.165) is 0 Å². The van der Waals surface area contributed by atoms with Gasteiger partial charge >= 0.3 is 0 Å². The predicted octanol–water partition coefficient (Wildman–Crippen LogP) is 4.60. The lowest BCUT2D eigenvalue weighted by Crippen LogP contribution is -2.11. The van der Waals surface area contributed by atoms with Crippen LogP contribution in [0.15, 0.2) is 40.7 Å². The van der Waals surface area contributed by atoms with Gasteiger partial charge in [0, 0.05) is 21.9 Å². The Morgan fingerprint density at radius 3 is 2.96 bits per heavy atom. The van der Waals surface area contributed by atoms with Crippen molar-refractivity contribution in [1.29, 1.82) is 0 Å². The van der Waals surface area contributed by atoms with E-state index in [9.17, 15) is 9.18 Å². The molecule has 1 aliphatic rings. The second-order valence-corrected chi connectivity index (χ2v) is 7.99. The van der Waals surface area contributed by atoms with Gasteiger partial charge in [-0.1, -0.05) is 40.8 Å². The summed E-state index contributed by atoms with van der Waals surface area (Å²) >= 11 is 8.51. The molecule has 2 heterocycles. The molecule has 0 radical (unpaired) electrons. The first kappa shape index (κ1) is 18.0. The van der Waals surface area contributed by atoms with E-state index in [1.54, 1.807) is 30.3 Å². The van der Waals surface area contributed by atoms with Crippen molar-refractivity contribution >= 4 is 45.7 Å². The quantitative estimate of drug-likeness (QED) is 0.477. The Kier molecular flexibility index (Phi) is 5.15. The summed E-state index contributed by atoms with van der Waals surface area (Å²) in [6.45, 7) is 0.142. The molecule has 0 saturated heterocycles. The zero-order chi connectivity index (χ0) is 18.8. The first-order valence-electron chi connectivity index (χ1n) is 7.70. The SMILES string of the molecule is O=C(Nc1nnc(SCc2c(F)cccc2Cl)s1)c1ccc2c(c1)OCO2. The summed E-state index contributed by atoms with van der Waals surface area (Å²) in [5.74, 6) is 0.746. The van der Waals surface area contributed by atoms with Gasteiger partial charge in [0.2, 0.25) is 11.9 Å². The van der Waals surface area contributed by atoms with Crippen molar-refractivity contribution in [3.05, 3.63) is 58.4 Å². The third-order valence-corrected chi connectivity index (χ3v) is 6.02. The molecule has 10 heteroatoms. The van der Waals surface area contributed by atoms with Gasteiger partial charge in [-0.25, -0.2) is 4.39 Å². The molecule has 0 unspecified atom stereocenters. The summed E-state index contributed by atoms with van der Waals surface area (Å²) in [4.78, 5) is 12.3. The van der Waals surface area contributed by atoms with Crippen molar-refractivity contribution in [3.63, 3.8) is 0 Å². The van der Waals surface area contributed by atoms with Gasteiger partial charge in [-0.3, -0.25) is 10.1 Å². The number of halogens is 2. The average Bonchev–Trinajstić information content (AvgIpc) is 3.29. The van der Waals surface area contributed by atoms with Crippen LogP contribution in [0.3, 0.4) is 0 Å². The number of carbonyl (C=O) groups excluding carboxylic acids is 1. The van der Waals surface area contributed by atoms with E-state index in [1.807, 2.05) is 0 Å². The second-order valence-electron chi connectivity index (χ2n) is 5.38. The largest absolute Gasteiger partial charge is 0.454 e. The predicted molar refractivity (Wildman–Crippen MR) is 101 cm³/mol. The molecule has 0 aliphatic carbocycles. The molecule has 1 aliphatic heterocycles. The molecule has 27 heavy (non-hydrogen) atoms. The Morgan fingerprint density at radius 2 is 2.11 bits per heavy atom. The highest BCUT2D eigenvalue weighted by Gasteiger charge is 2.17. The Hall–Kier alpha value is -2.36. The van der Waals surface area contributed by atoms with Crippen LogP contribution in [-0.4, -0.2) is 22.9 Å². The molecule has 3 aromatic rings. The van der Waals surface area contributed by atoms with Crippen LogP contribution in [-0.2, 0) is 5.75 Å². The third kappa shape index (κ3) is 4.00. The lowest BCUT2D eigenvalue weighted by molar-refractivity contribution is 0.102. The molecule has 4 rings (SSSR count). The topological polar surface area (TPSA) is 73.3 Å². The molecular formula is C17H11ClFN3O3S2. The maximum Gasteiger partial charge on any atom is 0.257 e. The van der Waals surface area contributed by atoms with Gasteiger partial charge in [0.15, 0.2) is 15.8 Å². The molecule has 0 spiro atoms. The van der Waals surface area contributed by atoms with Gasteiger partial charge in [0.1, 0.15) is 5.82 Å². The number of thioether (sulfide) groups is 1. The number of aromatic nitrogens is 2. The van der Waals surface area contributed by atoms with E-state index in [0.29, 0.717) is 42.9 Å². The lowest BCUT2D eigenvalue weighted by Gasteiger charge is -2.03. The number of fused-ring (bicyclic) bond motifs is 1. The van der Waals surface area contributed by atoms with Gasteiger partial charge in [0.05, 0.1) is 0 Å². The maximum atomic E-state index is 13.8.